The lowest BCUT2D eigenvalue weighted by molar-refractivity contribution is -0.132. The van der Waals surface area contributed by atoms with E-state index in [4.69, 9.17) is 0 Å². The highest BCUT2D eigenvalue weighted by Gasteiger charge is 2.21. The highest BCUT2D eigenvalue weighted by atomic mass is 32.2. The number of carbonyl (C=O) groups is 1. The Bertz CT molecular complexity index is 881. The van der Waals surface area contributed by atoms with Gasteiger partial charge in [0, 0.05) is 4.90 Å². The van der Waals surface area contributed by atoms with Gasteiger partial charge in [0.05, 0.1) is 5.57 Å². The minimum absolute atomic E-state index is 0.194. The molecule has 3 rings (SSSR count). The molecule has 0 radical (unpaired) electrons. The van der Waals surface area contributed by atoms with Gasteiger partial charge in [0.1, 0.15) is 5.82 Å². The molecule has 0 saturated carbocycles. The summed E-state index contributed by atoms with van der Waals surface area (Å²) in [6.45, 7) is 1.86. The normalized spacial score (nSPS) is 13.6. The van der Waals surface area contributed by atoms with E-state index in [2.05, 4.69) is 0 Å². The molecule has 0 aliphatic heterocycles. The molecule has 0 fully saturated rings. The van der Waals surface area contributed by atoms with Crippen molar-refractivity contribution in [1.29, 1.82) is 0 Å². The molecule has 0 saturated heterocycles. The van der Waals surface area contributed by atoms with Crippen LogP contribution in [0.3, 0.4) is 0 Å². The van der Waals surface area contributed by atoms with Crippen molar-refractivity contribution >= 4 is 29.4 Å². The molecule has 0 atom stereocenters. The van der Waals surface area contributed by atoms with Gasteiger partial charge in [-0.2, -0.15) is 0 Å². The van der Waals surface area contributed by atoms with E-state index in [0.29, 0.717) is 16.0 Å². The number of hydrogen-bond donors (Lipinski definition) is 1. The van der Waals surface area contributed by atoms with Crippen molar-refractivity contribution in [1.82, 2.24) is 0 Å². The van der Waals surface area contributed by atoms with Crippen molar-refractivity contribution in [3.8, 4) is 0 Å². The van der Waals surface area contributed by atoms with Crippen LogP contribution in [0.25, 0.3) is 11.6 Å². The summed E-state index contributed by atoms with van der Waals surface area (Å²) in [6.07, 6.45) is 6.02. The van der Waals surface area contributed by atoms with Crippen LogP contribution in [0, 0.1) is 12.7 Å². The molecule has 2 aromatic carbocycles. The molecule has 1 aliphatic rings. The van der Waals surface area contributed by atoms with Gasteiger partial charge in [0.25, 0.3) is 0 Å². The van der Waals surface area contributed by atoms with Gasteiger partial charge in [0.15, 0.2) is 0 Å². The Hall–Kier alpha value is -2.33. The number of aryl methyl sites for hydroxylation is 1. The first kappa shape index (κ1) is 16.5. The van der Waals surface area contributed by atoms with E-state index in [1.54, 1.807) is 12.1 Å². The van der Waals surface area contributed by atoms with Crippen molar-refractivity contribution in [2.75, 3.05) is 6.26 Å². The van der Waals surface area contributed by atoms with Crippen molar-refractivity contribution in [2.45, 2.75) is 18.2 Å². The zero-order chi connectivity index (χ0) is 17.3. The van der Waals surface area contributed by atoms with E-state index in [1.165, 1.54) is 17.8 Å². The van der Waals surface area contributed by atoms with Gasteiger partial charge in [-0.25, -0.2) is 9.18 Å². The topological polar surface area (TPSA) is 37.3 Å². The molecule has 0 amide bonds. The minimum Gasteiger partial charge on any atom is -0.478 e. The summed E-state index contributed by atoms with van der Waals surface area (Å²) in [6, 6.07) is 10.9. The number of thioether (sulfide) groups is 1. The molecule has 24 heavy (non-hydrogen) atoms. The van der Waals surface area contributed by atoms with Gasteiger partial charge in [-0.05, 0) is 65.6 Å². The van der Waals surface area contributed by atoms with Crippen LogP contribution in [0.5, 0.6) is 0 Å². The van der Waals surface area contributed by atoms with Crippen LogP contribution in [0.4, 0.5) is 4.39 Å². The molecule has 2 aromatic rings. The molecular weight excluding hydrogens is 323 g/mol. The third-order valence-corrected chi connectivity index (χ3v) is 4.95. The Morgan fingerprint density at radius 2 is 2.04 bits per heavy atom. The monoisotopic (exact) mass is 340 g/mol. The fraction of sp³-hybridized carbons (Fsp3) is 0.150. The van der Waals surface area contributed by atoms with Crippen LogP contribution in [0.2, 0.25) is 0 Å². The molecule has 0 heterocycles. The Labute approximate surface area is 144 Å². The fourth-order valence-corrected chi connectivity index (χ4v) is 3.48. The van der Waals surface area contributed by atoms with Crippen LogP contribution >= 0.6 is 11.8 Å². The van der Waals surface area contributed by atoms with Gasteiger partial charge in [-0.1, -0.05) is 30.3 Å². The maximum atomic E-state index is 14.1. The molecule has 0 bridgehead atoms. The number of fused-ring (bicyclic) bond motifs is 1. The maximum absolute atomic E-state index is 14.1. The largest absolute Gasteiger partial charge is 0.478 e. The fourth-order valence-electron chi connectivity index (χ4n) is 2.93. The summed E-state index contributed by atoms with van der Waals surface area (Å²) < 4.78 is 14.1. The molecule has 1 aliphatic carbocycles. The number of aliphatic carboxylic acids is 1. The van der Waals surface area contributed by atoms with E-state index >= 15 is 0 Å². The maximum Gasteiger partial charge on any atom is 0.336 e. The highest BCUT2D eigenvalue weighted by Crippen LogP contribution is 2.34. The van der Waals surface area contributed by atoms with Gasteiger partial charge in [-0.3, -0.25) is 0 Å². The lowest BCUT2D eigenvalue weighted by atomic mass is 9.96. The molecule has 0 spiro atoms. The first-order valence-electron chi connectivity index (χ1n) is 7.59. The third-order valence-electron chi connectivity index (χ3n) is 4.19. The smallest absolute Gasteiger partial charge is 0.336 e. The van der Waals surface area contributed by atoms with Crippen LogP contribution < -0.4 is 0 Å². The van der Waals surface area contributed by atoms with E-state index in [9.17, 15) is 14.3 Å². The first-order valence-corrected chi connectivity index (χ1v) is 8.81. The molecule has 2 nitrogen and oxygen atoms in total. The molecule has 0 unspecified atom stereocenters. The first-order chi connectivity index (χ1) is 11.5. The second-order valence-electron chi connectivity index (χ2n) is 5.69. The molecule has 4 heteroatoms. The second kappa shape index (κ2) is 6.65. The number of benzene rings is 2. The minimum atomic E-state index is -1.01. The van der Waals surface area contributed by atoms with Gasteiger partial charge in [0.2, 0.25) is 0 Å². The SMILES string of the molecule is CSc1cc(C)c(C=C(C(=O)O)C2=CCc3ccccc32)cc1F. The van der Waals surface area contributed by atoms with Crippen molar-refractivity contribution < 1.29 is 14.3 Å². The number of rotatable bonds is 4. The Kier molecular flexibility index (Phi) is 4.58. The van der Waals surface area contributed by atoms with Gasteiger partial charge >= 0.3 is 5.97 Å². The number of halogens is 1. The van der Waals surface area contributed by atoms with Crippen molar-refractivity contribution in [2.24, 2.45) is 0 Å². The lowest BCUT2D eigenvalue weighted by Crippen LogP contribution is -2.03. The Morgan fingerprint density at radius 3 is 2.75 bits per heavy atom. The summed E-state index contributed by atoms with van der Waals surface area (Å²) >= 11 is 1.34. The van der Waals surface area contributed by atoms with E-state index < -0.39 is 5.97 Å². The molecular formula is C20H17FO2S. The molecule has 0 aromatic heterocycles. The number of carboxylic acid groups (broad SMARTS) is 1. The van der Waals surface area contributed by atoms with Crippen LogP contribution in [-0.2, 0) is 11.2 Å². The summed E-state index contributed by atoms with van der Waals surface area (Å²) in [4.78, 5) is 12.4. The van der Waals surface area contributed by atoms with E-state index in [1.807, 2.05) is 43.5 Å². The molecule has 122 valence electrons. The summed E-state index contributed by atoms with van der Waals surface area (Å²) in [5.41, 5.74) is 4.39. The lowest BCUT2D eigenvalue weighted by Gasteiger charge is -2.10. The van der Waals surface area contributed by atoms with Gasteiger partial charge < -0.3 is 5.11 Å². The molecule has 1 N–H and O–H groups in total. The quantitative estimate of drug-likeness (QED) is 0.631. The predicted molar refractivity (Wildman–Crippen MR) is 96.7 cm³/mol. The average molecular weight is 340 g/mol. The standard InChI is InChI=1S/C20H17FO2S/c1-12-9-19(24-2)18(21)11-14(12)10-17(20(22)23)16-8-7-13-5-3-4-6-15(13)16/h3-6,8-11H,7H2,1-2H3,(H,22,23). The zero-order valence-electron chi connectivity index (χ0n) is 13.5. The summed E-state index contributed by atoms with van der Waals surface area (Å²) in [7, 11) is 0. The zero-order valence-corrected chi connectivity index (χ0v) is 14.3. The van der Waals surface area contributed by atoms with Crippen molar-refractivity contribution in [3.63, 3.8) is 0 Å². The van der Waals surface area contributed by atoms with Crippen LogP contribution in [0.15, 0.2) is 52.9 Å². The number of allylic oxidation sites excluding steroid dienone is 1. The average Bonchev–Trinajstić information content (AvgIpc) is 2.98. The number of carboxylic acids is 1. The summed E-state index contributed by atoms with van der Waals surface area (Å²) in [5, 5.41) is 9.67. The third kappa shape index (κ3) is 3.02. The van der Waals surface area contributed by atoms with Crippen molar-refractivity contribution in [3.05, 3.63) is 76.1 Å². The van der Waals surface area contributed by atoms with Gasteiger partial charge in [-0.15, -0.1) is 11.8 Å². The second-order valence-corrected chi connectivity index (χ2v) is 6.53. The van der Waals surface area contributed by atoms with Crippen LogP contribution in [0.1, 0.15) is 22.3 Å². The Balaban J connectivity index is 2.10. The highest BCUT2D eigenvalue weighted by molar-refractivity contribution is 7.98. The van der Waals surface area contributed by atoms with E-state index in [0.717, 1.165) is 23.1 Å². The number of hydrogen-bond acceptors (Lipinski definition) is 2. The summed E-state index contributed by atoms with van der Waals surface area (Å²) in [5.74, 6) is -1.34. The van der Waals surface area contributed by atoms with Crippen LogP contribution in [-0.4, -0.2) is 17.3 Å². The van der Waals surface area contributed by atoms with E-state index in [-0.39, 0.29) is 11.4 Å². The predicted octanol–water partition coefficient (Wildman–Crippen LogP) is 4.96. The Morgan fingerprint density at radius 1 is 1.29 bits per heavy atom.